The Morgan fingerprint density at radius 3 is 2.39 bits per heavy atom. The number of hydrogen-bond acceptors (Lipinski definition) is 1. The van der Waals surface area contributed by atoms with Gasteiger partial charge in [-0.05, 0) is 69.1 Å². The molecule has 2 aliphatic carbocycles. The number of nitrogens with zero attached hydrogens (tertiary/aromatic N) is 1. The first-order chi connectivity index (χ1) is 15.3. The van der Waals surface area contributed by atoms with E-state index in [1.165, 1.54) is 55.8 Å². The summed E-state index contributed by atoms with van der Waals surface area (Å²) in [5, 5.41) is 5.58. The summed E-state index contributed by atoms with van der Waals surface area (Å²) in [5.74, 6) is 0.760. The SMILES string of the molecule is C1=NC2CC2c2ccccc21.CC.Cc1ccc2ccc3cccc4c3c2c1CC=C4. The van der Waals surface area contributed by atoms with Gasteiger partial charge in [0.1, 0.15) is 0 Å². The lowest BCUT2D eigenvalue weighted by Crippen LogP contribution is -1.98. The third kappa shape index (κ3) is 3.49. The first-order valence-corrected chi connectivity index (χ1v) is 11.5. The van der Waals surface area contributed by atoms with Gasteiger partial charge in [0.05, 0.1) is 6.04 Å². The molecule has 1 fully saturated rings. The van der Waals surface area contributed by atoms with E-state index in [1.54, 1.807) is 0 Å². The highest BCUT2D eigenvalue weighted by atomic mass is 14.9. The van der Waals surface area contributed by atoms with Crippen molar-refractivity contribution >= 4 is 33.8 Å². The number of fused-ring (bicyclic) bond motifs is 3. The Balaban J connectivity index is 0.000000134. The highest BCUT2D eigenvalue weighted by molar-refractivity contribution is 6.13. The molecule has 0 radical (unpaired) electrons. The molecule has 31 heavy (non-hydrogen) atoms. The molecule has 3 aliphatic rings. The Morgan fingerprint density at radius 1 is 0.774 bits per heavy atom. The maximum Gasteiger partial charge on any atom is 0.0575 e. The average molecular weight is 404 g/mol. The molecule has 154 valence electrons. The topological polar surface area (TPSA) is 12.4 Å². The monoisotopic (exact) mass is 403 g/mol. The molecule has 0 aromatic heterocycles. The van der Waals surface area contributed by atoms with Crippen LogP contribution in [0.25, 0.3) is 27.6 Å². The molecule has 4 aromatic rings. The molecule has 1 nitrogen and oxygen atoms in total. The van der Waals surface area contributed by atoms with Gasteiger partial charge in [0, 0.05) is 12.1 Å². The summed E-state index contributed by atoms with van der Waals surface area (Å²) in [5.41, 5.74) is 7.07. The van der Waals surface area contributed by atoms with Crippen molar-refractivity contribution < 1.29 is 0 Å². The molecule has 0 saturated heterocycles. The van der Waals surface area contributed by atoms with Crippen LogP contribution >= 0.6 is 0 Å². The van der Waals surface area contributed by atoms with E-state index >= 15 is 0 Å². The Morgan fingerprint density at radius 2 is 1.52 bits per heavy atom. The zero-order valence-corrected chi connectivity index (χ0v) is 18.6. The van der Waals surface area contributed by atoms with Crippen LogP contribution in [0.1, 0.15) is 54.0 Å². The minimum Gasteiger partial charge on any atom is -0.289 e. The molecule has 1 heteroatoms. The van der Waals surface area contributed by atoms with Crippen LogP contribution in [0.5, 0.6) is 0 Å². The summed E-state index contributed by atoms with van der Waals surface area (Å²) in [4.78, 5) is 4.42. The van der Waals surface area contributed by atoms with E-state index in [9.17, 15) is 0 Å². The quantitative estimate of drug-likeness (QED) is 0.265. The van der Waals surface area contributed by atoms with Crippen LogP contribution in [0, 0.1) is 6.92 Å². The van der Waals surface area contributed by atoms with Crippen LogP contribution in [-0.2, 0) is 6.42 Å². The Hall–Kier alpha value is -3.19. The standard InChI is InChI=1S/C18H14.C10H9N.C2H6/c1-12-8-9-15-11-10-14-5-2-4-13-6-3-7-16(12)18(15)17(13)14;1-2-4-8-7(3-1)6-11-10-5-9(8)10;1-2/h2-6,8-11H,7H2,1H3;1-4,6,9-10H,5H2;1-2H3. The molecule has 1 aliphatic heterocycles. The van der Waals surface area contributed by atoms with Crippen molar-refractivity contribution in [2.24, 2.45) is 4.99 Å². The Bertz CT molecular complexity index is 1330. The van der Waals surface area contributed by atoms with E-state index in [-0.39, 0.29) is 0 Å². The van der Waals surface area contributed by atoms with Gasteiger partial charge in [-0.2, -0.15) is 0 Å². The van der Waals surface area contributed by atoms with E-state index in [0.29, 0.717) is 6.04 Å². The molecule has 0 amide bonds. The fourth-order valence-electron chi connectivity index (χ4n) is 4.93. The molecule has 1 heterocycles. The maximum atomic E-state index is 4.42. The lowest BCUT2D eigenvalue weighted by atomic mass is 9.93. The van der Waals surface area contributed by atoms with E-state index in [2.05, 4.69) is 90.8 Å². The van der Waals surface area contributed by atoms with Crippen LogP contribution in [0.15, 0.2) is 77.8 Å². The molecular weight excluding hydrogens is 374 g/mol. The van der Waals surface area contributed by atoms with Crippen molar-refractivity contribution in [3.05, 3.63) is 101 Å². The third-order valence-electron chi connectivity index (χ3n) is 6.58. The van der Waals surface area contributed by atoms with Gasteiger partial charge in [0.2, 0.25) is 0 Å². The maximum absolute atomic E-state index is 4.42. The number of hydrogen-bond donors (Lipinski definition) is 0. The highest BCUT2D eigenvalue weighted by Crippen LogP contribution is 2.46. The second-order valence-corrected chi connectivity index (χ2v) is 8.39. The van der Waals surface area contributed by atoms with Crippen LogP contribution in [0.2, 0.25) is 0 Å². The summed E-state index contributed by atoms with van der Waals surface area (Å²) < 4.78 is 0. The van der Waals surface area contributed by atoms with Crippen molar-refractivity contribution in [3.8, 4) is 0 Å². The second kappa shape index (κ2) is 8.15. The van der Waals surface area contributed by atoms with Gasteiger partial charge in [-0.25, -0.2) is 0 Å². The van der Waals surface area contributed by atoms with Crippen molar-refractivity contribution in [2.75, 3.05) is 0 Å². The zero-order valence-electron chi connectivity index (χ0n) is 18.6. The number of allylic oxidation sites excluding steroid dienone is 1. The lowest BCUT2D eigenvalue weighted by molar-refractivity contribution is 0.974. The predicted octanol–water partition coefficient (Wildman–Crippen LogP) is 7.87. The van der Waals surface area contributed by atoms with Crippen molar-refractivity contribution in [1.82, 2.24) is 0 Å². The van der Waals surface area contributed by atoms with Gasteiger partial charge in [0.15, 0.2) is 0 Å². The molecule has 0 N–H and O–H groups in total. The summed E-state index contributed by atoms with van der Waals surface area (Å²) in [6, 6.07) is 24.7. The molecule has 0 spiro atoms. The van der Waals surface area contributed by atoms with Crippen LogP contribution in [-0.4, -0.2) is 12.3 Å². The van der Waals surface area contributed by atoms with Gasteiger partial charge in [-0.15, -0.1) is 0 Å². The number of aryl methyl sites for hydroxylation is 1. The largest absolute Gasteiger partial charge is 0.289 e. The van der Waals surface area contributed by atoms with E-state index in [4.69, 9.17) is 0 Å². The summed E-state index contributed by atoms with van der Waals surface area (Å²) in [6.07, 6.45) is 8.88. The second-order valence-electron chi connectivity index (χ2n) is 8.39. The highest BCUT2D eigenvalue weighted by Gasteiger charge is 2.40. The van der Waals surface area contributed by atoms with E-state index in [0.717, 1.165) is 12.3 Å². The van der Waals surface area contributed by atoms with Crippen LogP contribution in [0.3, 0.4) is 0 Å². The van der Waals surface area contributed by atoms with E-state index < -0.39 is 0 Å². The fraction of sp³-hybridized carbons (Fsp3) is 0.233. The molecule has 2 unspecified atom stereocenters. The van der Waals surface area contributed by atoms with Crippen molar-refractivity contribution in [1.29, 1.82) is 0 Å². The van der Waals surface area contributed by atoms with Gasteiger partial charge in [0.25, 0.3) is 0 Å². The number of benzene rings is 4. The third-order valence-corrected chi connectivity index (χ3v) is 6.58. The Labute approximate surface area is 185 Å². The zero-order chi connectivity index (χ0) is 21.4. The number of rotatable bonds is 0. The first-order valence-electron chi connectivity index (χ1n) is 11.5. The van der Waals surface area contributed by atoms with Gasteiger partial charge in [-0.3, -0.25) is 4.99 Å². The van der Waals surface area contributed by atoms with Crippen LogP contribution < -0.4 is 0 Å². The molecule has 2 atom stereocenters. The molecule has 1 saturated carbocycles. The minimum absolute atomic E-state index is 0.630. The van der Waals surface area contributed by atoms with Crippen LogP contribution in [0.4, 0.5) is 0 Å². The van der Waals surface area contributed by atoms with Crippen molar-refractivity contribution in [3.63, 3.8) is 0 Å². The first kappa shape index (κ1) is 19.8. The van der Waals surface area contributed by atoms with Gasteiger partial charge >= 0.3 is 0 Å². The summed E-state index contributed by atoms with van der Waals surface area (Å²) >= 11 is 0. The lowest BCUT2D eigenvalue weighted by Gasteiger charge is -2.11. The number of aliphatic imine (C=N–C) groups is 1. The molecule has 0 bridgehead atoms. The van der Waals surface area contributed by atoms with Crippen molar-refractivity contribution in [2.45, 2.75) is 45.6 Å². The summed E-state index contributed by atoms with van der Waals surface area (Å²) in [6.45, 7) is 6.22. The molecular formula is C30H29N. The minimum atomic E-state index is 0.630. The predicted molar refractivity (Wildman–Crippen MR) is 135 cm³/mol. The molecule has 4 aromatic carbocycles. The average Bonchev–Trinajstić information content (AvgIpc) is 3.64. The normalized spacial score (nSPS) is 18.9. The molecule has 7 rings (SSSR count). The fourth-order valence-corrected chi connectivity index (χ4v) is 4.93. The summed E-state index contributed by atoms with van der Waals surface area (Å²) in [7, 11) is 0. The van der Waals surface area contributed by atoms with E-state index in [1.807, 2.05) is 20.1 Å². The Kier molecular flexibility index (Phi) is 5.19. The van der Waals surface area contributed by atoms with Gasteiger partial charge < -0.3 is 0 Å². The van der Waals surface area contributed by atoms with Gasteiger partial charge in [-0.1, -0.05) is 92.7 Å². The smallest absolute Gasteiger partial charge is 0.0575 e.